The van der Waals surface area contributed by atoms with E-state index in [1.54, 1.807) is 0 Å². The summed E-state index contributed by atoms with van der Waals surface area (Å²) in [5.41, 5.74) is 12.3. The van der Waals surface area contributed by atoms with Gasteiger partial charge in [0.05, 0.1) is 0 Å². The van der Waals surface area contributed by atoms with Crippen LogP contribution >= 0.6 is 0 Å². The molecule has 3 rings (SSSR count). The molecule has 2 aromatic carbocycles. The second kappa shape index (κ2) is 6.03. The predicted octanol–water partition coefficient (Wildman–Crippen LogP) is 4.41. The first-order chi connectivity index (χ1) is 10.1. The van der Waals surface area contributed by atoms with E-state index >= 15 is 0 Å². The molecule has 0 amide bonds. The molecule has 1 aliphatic rings. The van der Waals surface area contributed by atoms with Gasteiger partial charge in [-0.2, -0.15) is 0 Å². The van der Waals surface area contributed by atoms with Gasteiger partial charge >= 0.3 is 0 Å². The van der Waals surface area contributed by atoms with E-state index in [1.165, 1.54) is 35.1 Å². The molecule has 0 radical (unpaired) electrons. The van der Waals surface area contributed by atoms with Crippen molar-refractivity contribution >= 4 is 0 Å². The van der Waals surface area contributed by atoms with Crippen molar-refractivity contribution in [1.82, 2.24) is 0 Å². The van der Waals surface area contributed by atoms with Gasteiger partial charge in [0.2, 0.25) is 0 Å². The maximum absolute atomic E-state index is 6.52. The van der Waals surface area contributed by atoms with E-state index in [-0.39, 0.29) is 6.04 Å². The molecule has 0 fully saturated rings. The van der Waals surface area contributed by atoms with Crippen molar-refractivity contribution < 1.29 is 0 Å². The molecule has 2 N–H and O–H groups in total. The highest BCUT2D eigenvalue weighted by Gasteiger charge is 2.27. The van der Waals surface area contributed by atoms with Crippen LogP contribution in [0.5, 0.6) is 0 Å². The summed E-state index contributed by atoms with van der Waals surface area (Å²) < 4.78 is 0. The molecule has 0 bridgehead atoms. The molecule has 2 unspecified atom stereocenters. The Morgan fingerprint density at radius 1 is 1.05 bits per heavy atom. The molecule has 2 aromatic rings. The minimum atomic E-state index is 0.221. The molecule has 0 saturated carbocycles. The molecule has 0 heterocycles. The normalized spacial score (nSPS) is 18.8. The van der Waals surface area contributed by atoms with Gasteiger partial charge in [-0.3, -0.25) is 0 Å². The molecular formula is C20H25N. The molecule has 1 heteroatoms. The lowest BCUT2D eigenvalue weighted by molar-refractivity contribution is 0.525. The number of hydrogen-bond donors (Lipinski definition) is 1. The fourth-order valence-corrected chi connectivity index (χ4v) is 3.49. The maximum atomic E-state index is 6.52. The van der Waals surface area contributed by atoms with Gasteiger partial charge in [-0.25, -0.2) is 0 Å². The first-order valence-electron chi connectivity index (χ1n) is 8.07. The van der Waals surface area contributed by atoms with Crippen LogP contribution in [0.4, 0.5) is 0 Å². The zero-order chi connectivity index (χ0) is 14.8. The Balaban J connectivity index is 1.71. The lowest BCUT2D eigenvalue weighted by Crippen LogP contribution is -2.29. The van der Waals surface area contributed by atoms with Crippen molar-refractivity contribution in [2.24, 2.45) is 5.73 Å². The largest absolute Gasteiger partial charge is 0.327 e. The zero-order valence-corrected chi connectivity index (χ0v) is 13.0. The summed E-state index contributed by atoms with van der Waals surface area (Å²) in [5.74, 6) is 1.11. The third-order valence-corrected chi connectivity index (χ3v) is 4.81. The third kappa shape index (κ3) is 3.03. The summed E-state index contributed by atoms with van der Waals surface area (Å²) in [5, 5.41) is 0. The van der Waals surface area contributed by atoms with Crippen LogP contribution < -0.4 is 5.73 Å². The number of nitrogens with two attached hydrogens (primary N) is 1. The standard InChI is InChI=1S/C20H25N/c1-14(2)16-9-7-15(8-10-16)13-20(21)19-12-11-17-5-3-4-6-18(17)19/h3-10,14,19-20H,11-13,21H2,1-2H3. The zero-order valence-electron chi connectivity index (χ0n) is 13.0. The highest BCUT2D eigenvalue weighted by Crippen LogP contribution is 2.35. The Morgan fingerprint density at radius 2 is 1.76 bits per heavy atom. The summed E-state index contributed by atoms with van der Waals surface area (Å²) >= 11 is 0. The smallest absolute Gasteiger partial charge is 0.0149 e. The van der Waals surface area contributed by atoms with Crippen LogP contribution in [0.1, 0.15) is 54.4 Å². The lowest BCUT2D eigenvalue weighted by atomic mass is 9.89. The van der Waals surface area contributed by atoms with Crippen LogP contribution in [0.15, 0.2) is 48.5 Å². The third-order valence-electron chi connectivity index (χ3n) is 4.81. The number of aryl methyl sites for hydroxylation is 1. The molecule has 1 nitrogen and oxygen atoms in total. The molecule has 2 atom stereocenters. The van der Waals surface area contributed by atoms with Gasteiger partial charge in [0.25, 0.3) is 0 Å². The SMILES string of the molecule is CC(C)c1ccc(CC(N)C2CCc3ccccc32)cc1. The van der Waals surface area contributed by atoms with Crippen LogP contribution in [0, 0.1) is 0 Å². The van der Waals surface area contributed by atoms with Gasteiger partial charge in [0.15, 0.2) is 0 Å². The van der Waals surface area contributed by atoms with Gasteiger partial charge in [0.1, 0.15) is 0 Å². The van der Waals surface area contributed by atoms with Crippen molar-refractivity contribution in [3.8, 4) is 0 Å². The van der Waals surface area contributed by atoms with Gasteiger partial charge in [-0.15, -0.1) is 0 Å². The van der Waals surface area contributed by atoms with E-state index in [2.05, 4.69) is 62.4 Å². The highest BCUT2D eigenvalue weighted by molar-refractivity contribution is 5.36. The van der Waals surface area contributed by atoms with E-state index in [1.807, 2.05) is 0 Å². The van der Waals surface area contributed by atoms with E-state index < -0.39 is 0 Å². The molecule has 0 aliphatic heterocycles. The number of hydrogen-bond acceptors (Lipinski definition) is 1. The fourth-order valence-electron chi connectivity index (χ4n) is 3.49. The van der Waals surface area contributed by atoms with Crippen molar-refractivity contribution in [2.45, 2.75) is 51.0 Å². The van der Waals surface area contributed by atoms with Crippen LogP contribution in [0.3, 0.4) is 0 Å². The van der Waals surface area contributed by atoms with Crippen LogP contribution in [0.2, 0.25) is 0 Å². The average molecular weight is 279 g/mol. The van der Waals surface area contributed by atoms with E-state index in [0.717, 1.165) is 6.42 Å². The second-order valence-corrected chi connectivity index (χ2v) is 6.61. The Bertz CT molecular complexity index is 597. The molecule has 0 spiro atoms. The second-order valence-electron chi connectivity index (χ2n) is 6.61. The average Bonchev–Trinajstić information content (AvgIpc) is 2.92. The van der Waals surface area contributed by atoms with Gasteiger partial charge in [-0.05, 0) is 53.4 Å². The highest BCUT2D eigenvalue weighted by atomic mass is 14.7. The minimum absolute atomic E-state index is 0.221. The fraction of sp³-hybridized carbons (Fsp3) is 0.400. The lowest BCUT2D eigenvalue weighted by Gasteiger charge is -2.20. The summed E-state index contributed by atoms with van der Waals surface area (Å²) in [6.45, 7) is 4.46. The maximum Gasteiger partial charge on any atom is 0.0149 e. The van der Waals surface area contributed by atoms with Crippen molar-refractivity contribution in [2.75, 3.05) is 0 Å². The summed E-state index contributed by atoms with van der Waals surface area (Å²) in [6, 6.07) is 18.0. The molecule has 110 valence electrons. The van der Waals surface area contributed by atoms with Crippen LogP contribution in [0.25, 0.3) is 0 Å². The van der Waals surface area contributed by atoms with E-state index in [4.69, 9.17) is 5.73 Å². The van der Waals surface area contributed by atoms with E-state index in [0.29, 0.717) is 11.8 Å². The quantitative estimate of drug-likeness (QED) is 0.881. The number of benzene rings is 2. The summed E-state index contributed by atoms with van der Waals surface area (Å²) in [7, 11) is 0. The van der Waals surface area contributed by atoms with Crippen LogP contribution in [-0.2, 0) is 12.8 Å². The molecule has 0 saturated heterocycles. The van der Waals surface area contributed by atoms with Gasteiger partial charge in [-0.1, -0.05) is 62.4 Å². The molecule has 21 heavy (non-hydrogen) atoms. The Hall–Kier alpha value is -1.60. The molecule has 1 aliphatic carbocycles. The van der Waals surface area contributed by atoms with Crippen molar-refractivity contribution in [3.63, 3.8) is 0 Å². The molecular weight excluding hydrogens is 254 g/mol. The van der Waals surface area contributed by atoms with E-state index in [9.17, 15) is 0 Å². The monoisotopic (exact) mass is 279 g/mol. The Morgan fingerprint density at radius 3 is 2.48 bits per heavy atom. The van der Waals surface area contributed by atoms with Crippen molar-refractivity contribution in [3.05, 3.63) is 70.8 Å². The first-order valence-corrected chi connectivity index (χ1v) is 8.07. The molecule has 0 aromatic heterocycles. The number of fused-ring (bicyclic) bond motifs is 1. The topological polar surface area (TPSA) is 26.0 Å². The van der Waals surface area contributed by atoms with Gasteiger partial charge < -0.3 is 5.73 Å². The Kier molecular flexibility index (Phi) is 4.12. The summed E-state index contributed by atoms with van der Waals surface area (Å²) in [6.07, 6.45) is 3.35. The first kappa shape index (κ1) is 14.3. The predicted molar refractivity (Wildman–Crippen MR) is 89.7 cm³/mol. The minimum Gasteiger partial charge on any atom is -0.327 e. The van der Waals surface area contributed by atoms with Crippen molar-refractivity contribution in [1.29, 1.82) is 0 Å². The Labute approximate surface area is 128 Å². The summed E-state index contributed by atoms with van der Waals surface area (Å²) in [4.78, 5) is 0. The number of rotatable bonds is 4. The van der Waals surface area contributed by atoms with Crippen LogP contribution in [-0.4, -0.2) is 6.04 Å². The van der Waals surface area contributed by atoms with Gasteiger partial charge in [0, 0.05) is 6.04 Å².